The maximum Gasteiger partial charge on any atom is 0.328 e. The monoisotopic (exact) mass is 343 g/mol. The number of esters is 2. The molecule has 1 N–H and O–H groups in total. The molecule has 0 saturated heterocycles. The summed E-state index contributed by atoms with van der Waals surface area (Å²) in [6.45, 7) is 1.52. The zero-order chi connectivity index (χ0) is 18.3. The van der Waals surface area contributed by atoms with Crippen molar-refractivity contribution in [3.05, 3.63) is 35.4 Å². The minimum absolute atomic E-state index is 0.0646. The highest BCUT2D eigenvalue weighted by Crippen LogP contribution is 2.14. The Morgan fingerprint density at radius 1 is 1.08 bits per heavy atom. The number of nitrogens with one attached hydrogen (secondary N) is 1. The summed E-state index contributed by atoms with van der Waals surface area (Å²) < 4.78 is 36.3. The molecule has 0 aliphatic heterocycles. The summed E-state index contributed by atoms with van der Waals surface area (Å²) in [4.78, 5) is 35.2. The van der Waals surface area contributed by atoms with Crippen LogP contribution in [0.25, 0.3) is 0 Å². The average Bonchev–Trinajstić information content (AvgIpc) is 2.56. The number of carbonyl (C=O) groups excluding carboxylic acids is 3. The molecule has 0 heterocycles. The van der Waals surface area contributed by atoms with Gasteiger partial charge in [-0.15, -0.1) is 0 Å². The Labute approximate surface area is 138 Å². The van der Waals surface area contributed by atoms with E-state index in [9.17, 15) is 23.2 Å². The summed E-state index contributed by atoms with van der Waals surface area (Å²) in [5.74, 6) is -4.49. The van der Waals surface area contributed by atoms with Crippen LogP contribution in [-0.4, -0.2) is 38.1 Å². The number of amides is 1. The lowest BCUT2D eigenvalue weighted by Gasteiger charge is -2.19. The lowest BCUT2D eigenvalue weighted by Crippen LogP contribution is -2.44. The Morgan fingerprint density at radius 2 is 1.62 bits per heavy atom. The molecule has 0 aliphatic rings. The molecule has 0 radical (unpaired) electrons. The van der Waals surface area contributed by atoms with E-state index in [-0.39, 0.29) is 6.42 Å². The van der Waals surface area contributed by atoms with Gasteiger partial charge >= 0.3 is 11.9 Å². The second-order valence-electron chi connectivity index (χ2n) is 5.18. The highest BCUT2D eigenvalue weighted by Gasteiger charge is 2.27. The largest absolute Gasteiger partial charge is 0.469 e. The van der Waals surface area contributed by atoms with Gasteiger partial charge in [-0.1, -0.05) is 13.0 Å². The van der Waals surface area contributed by atoms with Crippen LogP contribution in [0.2, 0.25) is 0 Å². The summed E-state index contributed by atoms with van der Waals surface area (Å²) in [6.07, 6.45) is -0.649. The number of rotatable bonds is 7. The Morgan fingerprint density at radius 3 is 2.12 bits per heavy atom. The van der Waals surface area contributed by atoms with Crippen LogP contribution in [0.3, 0.4) is 0 Å². The summed E-state index contributed by atoms with van der Waals surface area (Å²) in [5.41, 5.74) is -0.403. The average molecular weight is 343 g/mol. The fourth-order valence-corrected chi connectivity index (χ4v) is 2.11. The Balaban J connectivity index is 2.81. The number of methoxy groups -OCH3 is 2. The maximum absolute atomic E-state index is 13.6. The van der Waals surface area contributed by atoms with Gasteiger partial charge in [-0.25, -0.2) is 13.6 Å². The topological polar surface area (TPSA) is 81.7 Å². The van der Waals surface area contributed by atoms with E-state index < -0.39 is 53.4 Å². The number of ether oxygens (including phenoxy) is 2. The summed E-state index contributed by atoms with van der Waals surface area (Å²) >= 11 is 0. The maximum atomic E-state index is 13.6. The van der Waals surface area contributed by atoms with E-state index in [1.807, 2.05) is 0 Å². The van der Waals surface area contributed by atoms with Gasteiger partial charge in [0.25, 0.3) is 0 Å². The fraction of sp³-hybridized carbons (Fsp3) is 0.438. The van der Waals surface area contributed by atoms with Gasteiger partial charge in [0.15, 0.2) is 0 Å². The van der Waals surface area contributed by atoms with E-state index in [4.69, 9.17) is 0 Å². The normalized spacial score (nSPS) is 12.9. The van der Waals surface area contributed by atoms with E-state index in [2.05, 4.69) is 14.8 Å². The van der Waals surface area contributed by atoms with E-state index in [0.29, 0.717) is 0 Å². The molecule has 0 aliphatic carbocycles. The molecule has 6 nitrogen and oxygen atoms in total. The first-order valence-corrected chi connectivity index (χ1v) is 7.18. The van der Waals surface area contributed by atoms with Crippen molar-refractivity contribution < 1.29 is 32.6 Å². The quantitative estimate of drug-likeness (QED) is 0.756. The lowest BCUT2D eigenvalue weighted by molar-refractivity contribution is -0.148. The molecule has 1 rings (SSSR count). The van der Waals surface area contributed by atoms with Crippen molar-refractivity contribution in [2.45, 2.75) is 25.8 Å². The molecule has 1 aromatic rings. The molecule has 0 fully saturated rings. The molecule has 8 heteroatoms. The fourth-order valence-electron chi connectivity index (χ4n) is 2.11. The molecule has 0 bridgehead atoms. The van der Waals surface area contributed by atoms with Gasteiger partial charge in [-0.3, -0.25) is 9.59 Å². The van der Waals surface area contributed by atoms with Gasteiger partial charge < -0.3 is 14.8 Å². The predicted molar refractivity (Wildman–Crippen MR) is 79.8 cm³/mol. The van der Waals surface area contributed by atoms with E-state index in [1.54, 1.807) is 0 Å². The van der Waals surface area contributed by atoms with Gasteiger partial charge in [0.2, 0.25) is 5.91 Å². The predicted octanol–water partition coefficient (Wildman–Crippen LogP) is 1.36. The van der Waals surface area contributed by atoms with Crippen LogP contribution in [0.15, 0.2) is 18.2 Å². The third-order valence-corrected chi connectivity index (χ3v) is 3.41. The number of hydrogen-bond donors (Lipinski definition) is 1. The molecular formula is C16H19F2NO5. The van der Waals surface area contributed by atoms with Crippen LogP contribution in [0, 0.1) is 17.6 Å². The Kier molecular flexibility index (Phi) is 7.29. The van der Waals surface area contributed by atoms with E-state index in [0.717, 1.165) is 19.2 Å². The zero-order valence-corrected chi connectivity index (χ0v) is 13.6. The molecule has 2 atom stereocenters. The third-order valence-electron chi connectivity index (χ3n) is 3.41. The van der Waals surface area contributed by atoms with Crippen LogP contribution in [0.5, 0.6) is 0 Å². The summed E-state index contributed by atoms with van der Waals surface area (Å²) in [6, 6.07) is 2.11. The molecule has 0 aromatic heterocycles. The van der Waals surface area contributed by atoms with Crippen LogP contribution in [-0.2, 0) is 30.3 Å². The Bertz CT molecular complexity index is 600. The van der Waals surface area contributed by atoms with Crippen molar-refractivity contribution in [3.63, 3.8) is 0 Å². The first kappa shape index (κ1) is 19.5. The number of carbonyl (C=O) groups is 3. The minimum Gasteiger partial charge on any atom is -0.469 e. The minimum atomic E-state index is -1.13. The molecule has 132 valence electrons. The van der Waals surface area contributed by atoms with Crippen molar-refractivity contribution in [1.29, 1.82) is 0 Å². The van der Waals surface area contributed by atoms with Gasteiger partial charge in [0, 0.05) is 5.56 Å². The number of hydrogen-bond acceptors (Lipinski definition) is 5. The van der Waals surface area contributed by atoms with Crippen LogP contribution in [0.4, 0.5) is 8.78 Å². The molecule has 1 amide bonds. The van der Waals surface area contributed by atoms with Crippen molar-refractivity contribution in [3.8, 4) is 0 Å². The third kappa shape index (κ3) is 5.29. The standard InChI is InChI=1S/C16H19F2NO5/c1-9(15(21)23-2)7-13(16(22)24-3)19-14(20)8-10-11(17)5-4-6-12(10)18/h4-6,9,13H,7-8H2,1-3H3,(H,19,20)/t9-,13+/m1/s1. The van der Waals surface area contributed by atoms with Crippen LogP contribution in [0.1, 0.15) is 18.9 Å². The number of halogens is 2. The van der Waals surface area contributed by atoms with Crippen molar-refractivity contribution >= 4 is 17.8 Å². The van der Waals surface area contributed by atoms with Gasteiger partial charge in [0.05, 0.1) is 26.6 Å². The highest BCUT2D eigenvalue weighted by atomic mass is 19.1. The molecule has 1 aromatic carbocycles. The number of benzene rings is 1. The van der Waals surface area contributed by atoms with E-state index >= 15 is 0 Å². The first-order chi connectivity index (χ1) is 11.3. The summed E-state index contributed by atoms with van der Waals surface area (Å²) in [7, 11) is 2.33. The van der Waals surface area contributed by atoms with E-state index in [1.165, 1.54) is 20.1 Å². The Hall–Kier alpha value is -2.51. The smallest absolute Gasteiger partial charge is 0.328 e. The zero-order valence-electron chi connectivity index (χ0n) is 13.6. The lowest BCUT2D eigenvalue weighted by atomic mass is 10.0. The summed E-state index contributed by atoms with van der Waals surface area (Å²) in [5, 5.41) is 2.33. The van der Waals surface area contributed by atoms with Crippen LogP contribution < -0.4 is 5.32 Å². The van der Waals surface area contributed by atoms with Crippen LogP contribution >= 0.6 is 0 Å². The molecule has 0 spiro atoms. The van der Waals surface area contributed by atoms with Crippen molar-refractivity contribution in [2.24, 2.45) is 5.92 Å². The second-order valence-corrected chi connectivity index (χ2v) is 5.18. The first-order valence-electron chi connectivity index (χ1n) is 7.18. The molecule has 0 saturated carbocycles. The molecule has 24 heavy (non-hydrogen) atoms. The molecule has 0 unspecified atom stereocenters. The molecular weight excluding hydrogens is 324 g/mol. The van der Waals surface area contributed by atoms with Crippen molar-refractivity contribution in [2.75, 3.05) is 14.2 Å². The van der Waals surface area contributed by atoms with Gasteiger partial charge in [-0.2, -0.15) is 0 Å². The van der Waals surface area contributed by atoms with Gasteiger partial charge in [0.1, 0.15) is 17.7 Å². The highest BCUT2D eigenvalue weighted by molar-refractivity contribution is 5.86. The van der Waals surface area contributed by atoms with Gasteiger partial charge in [-0.05, 0) is 18.6 Å². The van der Waals surface area contributed by atoms with Crippen molar-refractivity contribution in [1.82, 2.24) is 5.32 Å². The SMILES string of the molecule is COC(=O)[C@H](C)C[C@H](NC(=O)Cc1c(F)cccc1F)C(=O)OC. The second kappa shape index (κ2) is 8.95.